The van der Waals surface area contributed by atoms with Crippen LogP contribution in [0.4, 0.5) is 8.78 Å². The molecule has 4 N–H and O–H groups in total. The van der Waals surface area contributed by atoms with E-state index in [1.54, 1.807) is 30.5 Å². The number of nitrogens with two attached hydrogens (primary N) is 1. The van der Waals surface area contributed by atoms with Crippen molar-refractivity contribution in [1.82, 2.24) is 15.3 Å². The van der Waals surface area contributed by atoms with Crippen LogP contribution in [-0.2, 0) is 17.6 Å². The molecule has 0 spiro atoms. The number of amides is 2. The first-order valence-corrected chi connectivity index (χ1v) is 12.4. The van der Waals surface area contributed by atoms with Gasteiger partial charge in [0.05, 0.1) is 18.2 Å². The Morgan fingerprint density at radius 2 is 1.79 bits per heavy atom. The van der Waals surface area contributed by atoms with Gasteiger partial charge in [-0.25, -0.2) is 8.78 Å². The quantitative estimate of drug-likeness (QED) is 0.248. The number of fused-ring (bicyclic) bond motifs is 1. The van der Waals surface area contributed by atoms with E-state index in [4.69, 9.17) is 5.73 Å². The zero-order valence-corrected chi connectivity index (χ0v) is 21.2. The van der Waals surface area contributed by atoms with Crippen LogP contribution in [0.15, 0.2) is 85.2 Å². The fourth-order valence-electron chi connectivity index (χ4n) is 4.82. The number of aryl methyl sites for hydroxylation is 1. The van der Waals surface area contributed by atoms with Gasteiger partial charge in [-0.15, -0.1) is 0 Å². The number of aromatic nitrogens is 2. The van der Waals surface area contributed by atoms with Crippen molar-refractivity contribution in [2.24, 2.45) is 5.73 Å². The maximum atomic E-state index is 14.0. The van der Waals surface area contributed by atoms with Gasteiger partial charge >= 0.3 is 0 Å². The smallest absolute Gasteiger partial charge is 0.248 e. The summed E-state index contributed by atoms with van der Waals surface area (Å²) in [6.07, 6.45) is 3.58. The summed E-state index contributed by atoms with van der Waals surface area (Å²) in [5, 5.41) is 3.98. The number of pyridine rings is 1. The third-order valence-corrected chi connectivity index (χ3v) is 6.60. The Labute approximate surface area is 223 Å². The molecule has 8 heteroatoms. The van der Waals surface area contributed by atoms with Crippen molar-refractivity contribution < 1.29 is 18.4 Å². The average molecular weight is 525 g/mol. The van der Waals surface area contributed by atoms with E-state index in [0.29, 0.717) is 27.9 Å². The van der Waals surface area contributed by atoms with Gasteiger partial charge in [-0.1, -0.05) is 30.3 Å². The Kier molecular flexibility index (Phi) is 7.19. The summed E-state index contributed by atoms with van der Waals surface area (Å²) in [6, 6.07) is 18.9. The molecule has 1 atom stereocenters. The number of nitrogens with one attached hydrogen (secondary N) is 2. The topological polar surface area (TPSA) is 101 Å². The molecule has 0 saturated heterocycles. The Bertz CT molecular complexity index is 1680. The van der Waals surface area contributed by atoms with Gasteiger partial charge in [0.1, 0.15) is 11.6 Å². The van der Waals surface area contributed by atoms with E-state index in [9.17, 15) is 18.4 Å². The molecule has 0 bridgehead atoms. The molecule has 39 heavy (non-hydrogen) atoms. The fourth-order valence-corrected chi connectivity index (χ4v) is 4.82. The van der Waals surface area contributed by atoms with Crippen LogP contribution in [0.25, 0.3) is 22.0 Å². The zero-order chi connectivity index (χ0) is 27.5. The molecule has 6 nitrogen and oxygen atoms in total. The van der Waals surface area contributed by atoms with Gasteiger partial charge in [0.15, 0.2) is 0 Å². The van der Waals surface area contributed by atoms with Gasteiger partial charge < -0.3 is 16.0 Å². The van der Waals surface area contributed by atoms with E-state index in [1.165, 1.54) is 12.1 Å². The molecule has 5 aromatic rings. The van der Waals surface area contributed by atoms with Gasteiger partial charge in [0, 0.05) is 40.5 Å². The van der Waals surface area contributed by atoms with Gasteiger partial charge in [-0.05, 0) is 72.0 Å². The minimum atomic E-state index is -0.723. The monoisotopic (exact) mass is 524 g/mol. The normalized spacial score (nSPS) is 11.9. The molecular weight excluding hydrogens is 498 g/mol. The number of nitrogens with zero attached hydrogens (tertiary/aromatic N) is 1. The Hall–Kier alpha value is -4.85. The SMILES string of the molecule is Cc1ccc2c(CC(=O)NC(Cc3cc(F)cc(F)c3)c3ncccc3-c3cccc(C(N)=O)c3)c[nH]c2c1. The molecule has 0 aliphatic carbocycles. The number of rotatable bonds is 8. The summed E-state index contributed by atoms with van der Waals surface area (Å²) >= 11 is 0. The maximum absolute atomic E-state index is 14.0. The van der Waals surface area contributed by atoms with E-state index < -0.39 is 23.6 Å². The molecule has 0 fully saturated rings. The van der Waals surface area contributed by atoms with Crippen molar-refractivity contribution in [2.45, 2.75) is 25.8 Å². The van der Waals surface area contributed by atoms with Crippen molar-refractivity contribution >= 4 is 22.7 Å². The van der Waals surface area contributed by atoms with Crippen LogP contribution in [0.2, 0.25) is 0 Å². The van der Waals surface area contributed by atoms with Crippen molar-refractivity contribution in [3.63, 3.8) is 0 Å². The van der Waals surface area contributed by atoms with Crippen molar-refractivity contribution in [3.05, 3.63) is 125 Å². The number of carbonyl (C=O) groups is 2. The predicted octanol–water partition coefficient (Wildman–Crippen LogP) is 5.56. The molecule has 0 saturated carbocycles. The van der Waals surface area contributed by atoms with Crippen molar-refractivity contribution in [3.8, 4) is 11.1 Å². The number of H-pyrrole nitrogens is 1. The number of aromatic amines is 1. The standard InChI is InChI=1S/C31H26F2N4O2/c1-18-7-8-25-22(17-36-27(25)10-18)15-29(38)37-28(13-19-11-23(32)16-24(33)12-19)30-26(6-3-9-35-30)20-4-2-5-21(14-20)31(34)39/h2-12,14,16-17,28,36H,13,15H2,1H3,(H2,34,39)(H,37,38). The van der Waals surface area contributed by atoms with Gasteiger partial charge in [0.25, 0.3) is 0 Å². The third-order valence-electron chi connectivity index (χ3n) is 6.60. The molecule has 5 rings (SSSR count). The third kappa shape index (κ3) is 5.85. The largest absolute Gasteiger partial charge is 0.366 e. The average Bonchev–Trinajstić information content (AvgIpc) is 3.29. The van der Waals surface area contributed by atoms with E-state index in [0.717, 1.165) is 28.1 Å². The highest BCUT2D eigenvalue weighted by atomic mass is 19.1. The number of primary amides is 1. The highest BCUT2D eigenvalue weighted by Gasteiger charge is 2.22. The minimum absolute atomic E-state index is 0.0903. The summed E-state index contributed by atoms with van der Waals surface area (Å²) < 4.78 is 28.1. The number of halogens is 2. The highest BCUT2D eigenvalue weighted by molar-refractivity contribution is 5.94. The molecule has 196 valence electrons. The molecule has 0 aliphatic rings. The second-order valence-corrected chi connectivity index (χ2v) is 9.52. The van der Waals surface area contributed by atoms with Gasteiger partial charge in [0.2, 0.25) is 11.8 Å². The Morgan fingerprint density at radius 1 is 1.00 bits per heavy atom. The lowest BCUT2D eigenvalue weighted by molar-refractivity contribution is -0.121. The summed E-state index contributed by atoms with van der Waals surface area (Å²) in [6.45, 7) is 2.00. The maximum Gasteiger partial charge on any atom is 0.248 e. The second-order valence-electron chi connectivity index (χ2n) is 9.52. The van der Waals surface area contributed by atoms with E-state index in [2.05, 4.69) is 15.3 Å². The highest BCUT2D eigenvalue weighted by Crippen LogP contribution is 2.30. The van der Waals surface area contributed by atoms with Crippen LogP contribution in [0, 0.1) is 18.6 Å². The Balaban J connectivity index is 1.51. The summed E-state index contributed by atoms with van der Waals surface area (Å²) in [7, 11) is 0. The second kappa shape index (κ2) is 10.9. The summed E-state index contributed by atoms with van der Waals surface area (Å²) in [4.78, 5) is 32.9. The zero-order valence-electron chi connectivity index (χ0n) is 21.2. The molecule has 2 aromatic heterocycles. The summed E-state index contributed by atoms with van der Waals surface area (Å²) in [5.41, 5.74) is 10.9. The van der Waals surface area contributed by atoms with E-state index in [-0.39, 0.29) is 18.7 Å². The first-order valence-electron chi connectivity index (χ1n) is 12.4. The molecule has 1 unspecified atom stereocenters. The number of carbonyl (C=O) groups excluding carboxylic acids is 2. The van der Waals surface area contributed by atoms with Crippen LogP contribution in [0.1, 0.15) is 38.8 Å². The molecule has 2 heterocycles. The number of benzene rings is 3. The number of hydrogen-bond donors (Lipinski definition) is 3. The first kappa shape index (κ1) is 25.8. The van der Waals surface area contributed by atoms with E-state index >= 15 is 0 Å². The van der Waals surface area contributed by atoms with Crippen LogP contribution in [0.3, 0.4) is 0 Å². The molecule has 0 aliphatic heterocycles. The Morgan fingerprint density at radius 3 is 2.56 bits per heavy atom. The van der Waals surface area contributed by atoms with Crippen molar-refractivity contribution in [2.75, 3.05) is 0 Å². The molecule has 2 amide bonds. The lowest BCUT2D eigenvalue weighted by atomic mass is 9.94. The minimum Gasteiger partial charge on any atom is -0.366 e. The fraction of sp³-hybridized carbons (Fsp3) is 0.129. The lowest BCUT2D eigenvalue weighted by Crippen LogP contribution is -2.32. The van der Waals surface area contributed by atoms with Crippen molar-refractivity contribution in [1.29, 1.82) is 0 Å². The summed E-state index contributed by atoms with van der Waals surface area (Å²) in [5.74, 6) is -2.27. The first-order chi connectivity index (χ1) is 18.8. The van der Waals surface area contributed by atoms with Crippen LogP contribution < -0.4 is 11.1 Å². The van der Waals surface area contributed by atoms with Gasteiger partial charge in [-0.2, -0.15) is 0 Å². The van der Waals surface area contributed by atoms with E-state index in [1.807, 2.05) is 43.5 Å². The lowest BCUT2D eigenvalue weighted by Gasteiger charge is -2.22. The number of hydrogen-bond acceptors (Lipinski definition) is 3. The molecular formula is C31H26F2N4O2. The van der Waals surface area contributed by atoms with Crippen LogP contribution in [-0.4, -0.2) is 21.8 Å². The predicted molar refractivity (Wildman–Crippen MR) is 146 cm³/mol. The van der Waals surface area contributed by atoms with Crippen LogP contribution >= 0.6 is 0 Å². The van der Waals surface area contributed by atoms with Crippen LogP contribution in [0.5, 0.6) is 0 Å². The molecule has 0 radical (unpaired) electrons. The molecule has 3 aromatic carbocycles. The van der Waals surface area contributed by atoms with Gasteiger partial charge in [-0.3, -0.25) is 14.6 Å².